The zero-order valence-corrected chi connectivity index (χ0v) is 12.7. The van der Waals surface area contributed by atoms with Crippen molar-refractivity contribution in [2.24, 2.45) is 5.92 Å². The number of fused-ring (bicyclic) bond motifs is 1. The second kappa shape index (κ2) is 5.68. The summed E-state index contributed by atoms with van der Waals surface area (Å²) in [5.41, 5.74) is 0.797. The van der Waals surface area contributed by atoms with Gasteiger partial charge in [0, 0.05) is 8.96 Å². The van der Waals surface area contributed by atoms with Crippen LogP contribution in [0.25, 0.3) is 10.9 Å². The van der Waals surface area contributed by atoms with Crippen LogP contribution in [0.2, 0.25) is 0 Å². The number of anilines is 1. The van der Waals surface area contributed by atoms with Gasteiger partial charge < -0.3 is 10.4 Å². The van der Waals surface area contributed by atoms with E-state index in [0.29, 0.717) is 5.82 Å². The number of rotatable bonds is 4. The summed E-state index contributed by atoms with van der Waals surface area (Å²) in [5, 5.41) is 13.1. The Bertz CT molecular complexity index is 616. The first kappa shape index (κ1) is 14.0. The lowest BCUT2D eigenvalue weighted by Gasteiger charge is -2.19. The summed E-state index contributed by atoms with van der Waals surface area (Å²) in [6, 6.07) is 5.12. The molecule has 0 aliphatic carbocycles. The van der Waals surface area contributed by atoms with E-state index in [0.717, 1.165) is 14.5 Å². The van der Waals surface area contributed by atoms with E-state index in [2.05, 4.69) is 37.9 Å². The van der Waals surface area contributed by atoms with Crippen LogP contribution in [0.3, 0.4) is 0 Å². The lowest BCUT2D eigenvalue weighted by Crippen LogP contribution is -2.34. The van der Waals surface area contributed by atoms with Crippen molar-refractivity contribution in [3.8, 4) is 0 Å². The molecule has 1 atom stereocenters. The van der Waals surface area contributed by atoms with Gasteiger partial charge in [-0.3, -0.25) is 0 Å². The molecule has 0 unspecified atom stereocenters. The van der Waals surface area contributed by atoms with E-state index in [4.69, 9.17) is 0 Å². The van der Waals surface area contributed by atoms with Crippen molar-refractivity contribution in [1.82, 2.24) is 9.97 Å². The van der Waals surface area contributed by atoms with Crippen LogP contribution in [-0.2, 0) is 4.79 Å². The predicted molar refractivity (Wildman–Crippen MR) is 82.1 cm³/mol. The number of nitrogens with zero attached hydrogens (tertiary/aromatic N) is 2. The molecule has 0 amide bonds. The highest BCUT2D eigenvalue weighted by Gasteiger charge is 2.22. The van der Waals surface area contributed by atoms with Crippen LogP contribution in [-0.4, -0.2) is 27.1 Å². The van der Waals surface area contributed by atoms with E-state index < -0.39 is 12.0 Å². The minimum absolute atomic E-state index is 0.0368. The van der Waals surface area contributed by atoms with Gasteiger partial charge in [0.05, 0.1) is 5.52 Å². The summed E-state index contributed by atoms with van der Waals surface area (Å²) in [5.74, 6) is -0.359. The van der Waals surface area contributed by atoms with Crippen molar-refractivity contribution in [3.63, 3.8) is 0 Å². The number of hydrogen-bond donors (Lipinski definition) is 2. The fraction of sp³-hybridized carbons (Fsp3) is 0.308. The second-order valence-electron chi connectivity index (χ2n) is 4.59. The number of aromatic nitrogens is 2. The third kappa shape index (κ3) is 3.12. The molecule has 6 heteroatoms. The lowest BCUT2D eigenvalue weighted by atomic mass is 10.0. The van der Waals surface area contributed by atoms with E-state index in [1.54, 1.807) is 0 Å². The molecule has 0 aliphatic heterocycles. The number of aliphatic carboxylic acids is 1. The van der Waals surface area contributed by atoms with Gasteiger partial charge in [-0.1, -0.05) is 13.8 Å². The van der Waals surface area contributed by atoms with E-state index in [9.17, 15) is 9.90 Å². The average molecular weight is 371 g/mol. The Labute approximate surface area is 124 Å². The Morgan fingerprint density at radius 1 is 1.37 bits per heavy atom. The normalized spacial score (nSPS) is 12.6. The fourth-order valence-corrected chi connectivity index (χ4v) is 2.30. The second-order valence-corrected chi connectivity index (χ2v) is 5.83. The fourth-order valence-electron chi connectivity index (χ4n) is 1.80. The lowest BCUT2D eigenvalue weighted by molar-refractivity contribution is -0.138. The smallest absolute Gasteiger partial charge is 0.326 e. The monoisotopic (exact) mass is 371 g/mol. The molecule has 1 aromatic heterocycles. The molecule has 0 saturated carbocycles. The number of benzene rings is 1. The van der Waals surface area contributed by atoms with Crippen LogP contribution in [0.1, 0.15) is 13.8 Å². The maximum Gasteiger partial charge on any atom is 0.326 e. The van der Waals surface area contributed by atoms with Gasteiger partial charge in [0.25, 0.3) is 0 Å². The molecular weight excluding hydrogens is 357 g/mol. The Kier molecular flexibility index (Phi) is 4.18. The highest BCUT2D eigenvalue weighted by molar-refractivity contribution is 14.1. The van der Waals surface area contributed by atoms with Gasteiger partial charge in [0.2, 0.25) is 0 Å². The summed E-state index contributed by atoms with van der Waals surface area (Å²) in [6.45, 7) is 3.72. The van der Waals surface area contributed by atoms with Gasteiger partial charge in [0.1, 0.15) is 18.2 Å². The minimum Gasteiger partial charge on any atom is -0.480 e. The molecule has 19 heavy (non-hydrogen) atoms. The minimum atomic E-state index is -0.882. The van der Waals surface area contributed by atoms with Crippen molar-refractivity contribution in [2.75, 3.05) is 5.32 Å². The zero-order chi connectivity index (χ0) is 14.0. The molecule has 1 aromatic carbocycles. The van der Waals surface area contributed by atoms with Crippen molar-refractivity contribution in [2.45, 2.75) is 19.9 Å². The van der Waals surface area contributed by atoms with Gasteiger partial charge in [-0.25, -0.2) is 14.8 Å². The van der Waals surface area contributed by atoms with Gasteiger partial charge in [-0.15, -0.1) is 0 Å². The topological polar surface area (TPSA) is 75.1 Å². The SMILES string of the molecule is CC(C)[C@H](Nc1ncnc2ccc(I)cc12)C(=O)O. The molecule has 0 aliphatic rings. The quantitative estimate of drug-likeness (QED) is 0.809. The van der Waals surface area contributed by atoms with E-state index >= 15 is 0 Å². The van der Waals surface area contributed by atoms with Crippen LogP contribution >= 0.6 is 22.6 Å². The van der Waals surface area contributed by atoms with Gasteiger partial charge in [0.15, 0.2) is 0 Å². The Hall–Kier alpha value is -1.44. The molecule has 2 aromatic rings. The number of carboxylic acids is 1. The number of halogens is 1. The van der Waals surface area contributed by atoms with Crippen molar-refractivity contribution < 1.29 is 9.90 Å². The number of hydrogen-bond acceptors (Lipinski definition) is 4. The first-order valence-corrected chi connectivity index (χ1v) is 6.96. The molecule has 0 fully saturated rings. The molecule has 1 heterocycles. The molecule has 0 spiro atoms. The third-order valence-electron chi connectivity index (χ3n) is 2.82. The largest absolute Gasteiger partial charge is 0.480 e. The van der Waals surface area contributed by atoms with Gasteiger partial charge in [-0.05, 0) is 46.7 Å². The predicted octanol–water partition coefficient (Wildman–Crippen LogP) is 2.76. The van der Waals surface area contributed by atoms with E-state index in [1.807, 2.05) is 32.0 Å². The highest BCUT2D eigenvalue weighted by atomic mass is 127. The standard InChI is InChI=1S/C13H14IN3O2/c1-7(2)11(13(18)19)17-12-9-5-8(14)3-4-10(9)15-6-16-12/h3-7,11H,1-2H3,(H,18,19)(H,15,16,17)/t11-/m0/s1. The summed E-state index contributed by atoms with van der Waals surface area (Å²) in [4.78, 5) is 19.6. The molecule has 100 valence electrons. The summed E-state index contributed by atoms with van der Waals surface area (Å²) >= 11 is 2.21. The Balaban J connectivity index is 2.44. The molecule has 0 bridgehead atoms. The van der Waals surface area contributed by atoms with Crippen molar-refractivity contribution in [1.29, 1.82) is 0 Å². The Morgan fingerprint density at radius 2 is 2.11 bits per heavy atom. The zero-order valence-electron chi connectivity index (χ0n) is 10.6. The molecule has 2 rings (SSSR count). The van der Waals surface area contributed by atoms with Crippen LogP contribution in [0.15, 0.2) is 24.5 Å². The highest BCUT2D eigenvalue weighted by Crippen LogP contribution is 2.23. The van der Waals surface area contributed by atoms with Crippen LogP contribution in [0.4, 0.5) is 5.82 Å². The average Bonchev–Trinajstić information content (AvgIpc) is 2.35. The summed E-state index contributed by atoms with van der Waals surface area (Å²) in [7, 11) is 0. The van der Waals surface area contributed by atoms with Crippen LogP contribution in [0.5, 0.6) is 0 Å². The number of carbonyl (C=O) groups is 1. The third-order valence-corrected chi connectivity index (χ3v) is 3.49. The number of nitrogens with one attached hydrogen (secondary N) is 1. The molecular formula is C13H14IN3O2. The summed E-state index contributed by atoms with van der Waals surface area (Å²) < 4.78 is 1.05. The van der Waals surface area contributed by atoms with Gasteiger partial charge in [-0.2, -0.15) is 0 Å². The van der Waals surface area contributed by atoms with Crippen LogP contribution in [0, 0.1) is 9.49 Å². The van der Waals surface area contributed by atoms with Gasteiger partial charge >= 0.3 is 5.97 Å². The molecule has 2 N–H and O–H groups in total. The number of carboxylic acid groups (broad SMARTS) is 1. The first-order valence-electron chi connectivity index (χ1n) is 5.88. The maximum absolute atomic E-state index is 11.2. The maximum atomic E-state index is 11.2. The van der Waals surface area contributed by atoms with E-state index in [1.165, 1.54) is 6.33 Å². The molecule has 0 saturated heterocycles. The molecule has 5 nitrogen and oxygen atoms in total. The van der Waals surface area contributed by atoms with Crippen molar-refractivity contribution >= 4 is 45.3 Å². The van der Waals surface area contributed by atoms with Crippen molar-refractivity contribution in [3.05, 3.63) is 28.1 Å². The summed E-state index contributed by atoms with van der Waals surface area (Å²) in [6.07, 6.45) is 1.44. The van der Waals surface area contributed by atoms with E-state index in [-0.39, 0.29) is 5.92 Å². The van der Waals surface area contributed by atoms with Crippen LogP contribution < -0.4 is 5.32 Å². The molecule has 0 radical (unpaired) electrons. The Morgan fingerprint density at radius 3 is 2.74 bits per heavy atom. The first-order chi connectivity index (χ1) is 8.99.